The van der Waals surface area contributed by atoms with Gasteiger partial charge in [-0.15, -0.1) is 22.7 Å². The van der Waals surface area contributed by atoms with Gasteiger partial charge in [-0.3, -0.25) is 9.59 Å². The summed E-state index contributed by atoms with van der Waals surface area (Å²) in [6.07, 6.45) is 51.7. The number of anilines is 2. The lowest BCUT2D eigenvalue weighted by Crippen LogP contribution is -2.35. The van der Waals surface area contributed by atoms with Crippen molar-refractivity contribution in [3.63, 3.8) is 0 Å². The number of hydrogen-bond donors (Lipinski definition) is 0. The molecule has 0 bridgehead atoms. The molecule has 0 N–H and O–H groups in total. The van der Waals surface area contributed by atoms with Crippen molar-refractivity contribution in [2.24, 2.45) is 11.8 Å². The van der Waals surface area contributed by atoms with E-state index in [0.717, 1.165) is 63.9 Å². The average molecular weight is 1160 g/mol. The van der Waals surface area contributed by atoms with E-state index >= 15 is 9.59 Å². The molecule has 0 saturated heterocycles. The van der Waals surface area contributed by atoms with E-state index in [4.69, 9.17) is 8.83 Å². The molecule has 0 aliphatic carbocycles. The molecule has 2 aliphatic heterocycles. The van der Waals surface area contributed by atoms with Gasteiger partial charge in [0.2, 0.25) is 0 Å². The summed E-state index contributed by atoms with van der Waals surface area (Å²) >= 11 is 3.58. The van der Waals surface area contributed by atoms with E-state index < -0.39 is 0 Å². The predicted molar refractivity (Wildman–Crippen MR) is 355 cm³/mol. The highest BCUT2D eigenvalue weighted by Gasteiger charge is 2.39. The molecule has 8 heteroatoms. The van der Waals surface area contributed by atoms with Gasteiger partial charge in [-0.1, -0.05) is 259 Å². The predicted octanol–water partition coefficient (Wildman–Crippen LogP) is 22.4. The summed E-state index contributed by atoms with van der Waals surface area (Å²) in [5.41, 5.74) is 3.07. The number of thiophene rings is 2. The molecule has 5 aromatic rings. The normalized spacial score (nSPS) is 14.2. The maximum atomic E-state index is 15.7. The van der Waals surface area contributed by atoms with Crippen LogP contribution in [0.4, 0.5) is 11.4 Å². The number of aryl methyl sites for hydroxylation is 2. The van der Waals surface area contributed by atoms with Crippen molar-refractivity contribution in [1.82, 2.24) is 0 Å². The molecule has 7 rings (SSSR count). The molecule has 2 aliphatic rings. The Morgan fingerprint density at radius 1 is 0.378 bits per heavy atom. The van der Waals surface area contributed by atoms with E-state index in [1.807, 2.05) is 36.5 Å². The van der Waals surface area contributed by atoms with E-state index in [1.165, 1.54) is 245 Å². The zero-order chi connectivity index (χ0) is 57.7. The van der Waals surface area contributed by atoms with Gasteiger partial charge in [0.15, 0.2) is 0 Å². The fourth-order valence-corrected chi connectivity index (χ4v) is 15.7. The van der Waals surface area contributed by atoms with Crippen LogP contribution in [0.2, 0.25) is 0 Å². The van der Waals surface area contributed by atoms with Gasteiger partial charge in [0, 0.05) is 37.8 Å². The van der Waals surface area contributed by atoms with Crippen molar-refractivity contribution in [3.05, 3.63) is 81.1 Å². The van der Waals surface area contributed by atoms with E-state index in [0.29, 0.717) is 47.6 Å². The fraction of sp³-hybridized carbons (Fsp3) is 0.676. The number of benzene rings is 1. The molecule has 82 heavy (non-hydrogen) atoms. The first-order valence-corrected chi connectivity index (χ1v) is 36.1. The van der Waals surface area contributed by atoms with Crippen molar-refractivity contribution in [2.75, 3.05) is 22.9 Å². The summed E-state index contributed by atoms with van der Waals surface area (Å²) in [4.78, 5) is 37.7. The molecular weight excluding hydrogens is 1040 g/mol. The molecule has 1 aromatic carbocycles. The number of rotatable bonds is 47. The lowest BCUT2D eigenvalue weighted by Gasteiger charge is -2.27. The highest BCUT2D eigenvalue weighted by molar-refractivity contribution is 7.29. The van der Waals surface area contributed by atoms with Crippen LogP contribution in [0.25, 0.3) is 31.2 Å². The summed E-state index contributed by atoms with van der Waals surface area (Å²) in [5, 5.41) is 1.78. The molecule has 0 spiro atoms. The van der Waals surface area contributed by atoms with Crippen LogP contribution in [0.15, 0.2) is 57.4 Å². The minimum atomic E-state index is 0.0214. The van der Waals surface area contributed by atoms with Crippen LogP contribution in [0, 0.1) is 25.7 Å². The maximum Gasteiger partial charge on any atom is 0.262 e. The van der Waals surface area contributed by atoms with Crippen LogP contribution in [0.1, 0.15) is 307 Å². The van der Waals surface area contributed by atoms with Crippen LogP contribution >= 0.6 is 22.7 Å². The van der Waals surface area contributed by atoms with E-state index in [2.05, 4.69) is 74.8 Å². The Labute approximate surface area is 506 Å². The number of hydrogen-bond acceptors (Lipinski definition) is 6. The number of carbonyl (C=O) groups is 2. The highest BCUT2D eigenvalue weighted by atomic mass is 32.1. The largest absolute Gasteiger partial charge is 0.461 e. The first-order chi connectivity index (χ1) is 40.2. The Morgan fingerprint density at radius 2 is 0.707 bits per heavy atom. The SMILES string of the molecule is CCCCCCCCCCCCC(CCCCCCCCCC)CN1C(=O)C(c2ccc(C)o2)=c2cc3c(cc21)=C(c1ccc(-c2cc4sc(C)cc4s2)o1)C(=O)N3CC(CCCCCCCCCC)CCCCCCCCCCCC. The van der Waals surface area contributed by atoms with Gasteiger partial charge < -0.3 is 18.6 Å². The molecule has 6 heterocycles. The van der Waals surface area contributed by atoms with E-state index in [9.17, 15) is 0 Å². The van der Waals surface area contributed by atoms with Gasteiger partial charge in [-0.05, 0) is 99.9 Å². The number of furan rings is 2. The molecular formula is C74H112N2O4S2. The zero-order valence-electron chi connectivity index (χ0n) is 52.8. The molecule has 454 valence electrons. The van der Waals surface area contributed by atoms with Crippen molar-refractivity contribution in [1.29, 1.82) is 0 Å². The van der Waals surface area contributed by atoms with Gasteiger partial charge in [-0.25, -0.2) is 0 Å². The number of carbonyl (C=O) groups excluding carboxylic acids is 2. The number of nitrogens with zero attached hydrogens (tertiary/aromatic N) is 2. The Hall–Kier alpha value is -3.88. The molecule has 2 atom stereocenters. The van der Waals surface area contributed by atoms with Gasteiger partial charge in [-0.2, -0.15) is 0 Å². The smallest absolute Gasteiger partial charge is 0.262 e. The maximum absolute atomic E-state index is 15.7. The fourth-order valence-electron chi connectivity index (χ4n) is 13.4. The minimum Gasteiger partial charge on any atom is -0.461 e. The minimum absolute atomic E-state index is 0.0214. The van der Waals surface area contributed by atoms with Crippen LogP contribution in [0.5, 0.6) is 0 Å². The highest BCUT2D eigenvalue weighted by Crippen LogP contribution is 2.41. The number of amides is 2. The summed E-state index contributed by atoms with van der Waals surface area (Å²) < 4.78 is 15.8. The third kappa shape index (κ3) is 20.1. The van der Waals surface area contributed by atoms with E-state index in [-0.39, 0.29) is 11.8 Å². The molecule has 2 amide bonds. The van der Waals surface area contributed by atoms with Gasteiger partial charge in [0.25, 0.3) is 11.8 Å². The number of unbranched alkanes of at least 4 members (excludes halogenated alkanes) is 32. The Balaban J connectivity index is 1.20. The van der Waals surface area contributed by atoms with Gasteiger partial charge >= 0.3 is 0 Å². The monoisotopic (exact) mass is 1160 g/mol. The lowest BCUT2D eigenvalue weighted by molar-refractivity contribution is -0.114. The van der Waals surface area contributed by atoms with Crippen LogP contribution in [-0.2, 0) is 9.59 Å². The van der Waals surface area contributed by atoms with Crippen molar-refractivity contribution < 1.29 is 18.4 Å². The second-order valence-electron chi connectivity index (χ2n) is 25.4. The van der Waals surface area contributed by atoms with Gasteiger partial charge in [0.05, 0.1) is 27.4 Å². The summed E-state index contributed by atoms with van der Waals surface area (Å²) in [6, 6.07) is 17.0. The quantitative estimate of drug-likeness (QED) is 0.0364. The molecule has 0 radical (unpaired) electrons. The summed E-state index contributed by atoms with van der Waals surface area (Å²) in [5.74, 6) is 3.64. The molecule has 4 aromatic heterocycles. The molecule has 0 fully saturated rings. The van der Waals surface area contributed by atoms with E-state index in [1.54, 1.807) is 11.3 Å². The lowest BCUT2D eigenvalue weighted by atomic mass is 9.93. The Bertz CT molecular complexity index is 2720. The second kappa shape index (κ2) is 36.8. The summed E-state index contributed by atoms with van der Waals surface area (Å²) in [6.45, 7) is 14.7. The number of fused-ring (bicyclic) bond motifs is 3. The van der Waals surface area contributed by atoms with Crippen LogP contribution in [-0.4, -0.2) is 24.9 Å². The van der Waals surface area contributed by atoms with Crippen molar-refractivity contribution in [2.45, 2.75) is 298 Å². The summed E-state index contributed by atoms with van der Waals surface area (Å²) in [7, 11) is 0. The second-order valence-corrected chi connectivity index (χ2v) is 27.8. The molecule has 6 nitrogen and oxygen atoms in total. The Morgan fingerprint density at radius 3 is 1.06 bits per heavy atom. The first kappa shape index (κ1) is 65.7. The third-order valence-corrected chi connectivity index (χ3v) is 20.5. The van der Waals surface area contributed by atoms with Gasteiger partial charge in [0.1, 0.15) is 23.0 Å². The topological polar surface area (TPSA) is 66.9 Å². The third-order valence-electron chi connectivity index (χ3n) is 18.3. The standard InChI is InChI=1S/C74H112N2O4S2/c1-7-11-15-19-23-27-29-33-37-41-45-59(43-39-35-31-25-21-17-13-9-3)55-75-63-53-62-64(52-61(63)71(73(75)77)66-48-47-57(5)79-66)76(74(78)72(62)67-50-49-65(80-67)68-54-70-69(82-68)51-58(6)81-70)56-60(44-40-36-32-26-22-18-14-10-4)46-42-38-34-30-28-24-20-16-12-8-2/h47-54,59-60H,7-46,55-56H2,1-6H3. The van der Waals surface area contributed by atoms with Crippen LogP contribution < -0.4 is 20.2 Å². The van der Waals surface area contributed by atoms with Crippen molar-refractivity contribution >= 4 is 66.4 Å². The zero-order valence-corrected chi connectivity index (χ0v) is 54.4. The first-order valence-electron chi connectivity index (χ1n) is 34.5. The van der Waals surface area contributed by atoms with Crippen molar-refractivity contribution in [3.8, 4) is 10.6 Å². The molecule has 2 unspecified atom stereocenters. The average Bonchev–Trinajstić information content (AvgIpc) is 2.39. The van der Waals surface area contributed by atoms with Crippen LogP contribution in [0.3, 0.4) is 0 Å². The Kier molecular flexibility index (Phi) is 29.5. The molecule has 0 saturated carbocycles.